The quantitative estimate of drug-likeness (QED) is 0.476. The van der Waals surface area contributed by atoms with E-state index in [-0.39, 0.29) is 35.8 Å². The van der Waals surface area contributed by atoms with Gasteiger partial charge in [0.05, 0.1) is 31.3 Å². The van der Waals surface area contributed by atoms with E-state index in [2.05, 4.69) is 5.32 Å². The zero-order valence-electron chi connectivity index (χ0n) is 10.1. The lowest BCUT2D eigenvalue weighted by atomic mass is 10.1. The number of hydrogen-bond acceptors (Lipinski definition) is 6. The van der Waals surface area contributed by atoms with E-state index in [4.69, 9.17) is 26.8 Å². The van der Waals surface area contributed by atoms with Gasteiger partial charge >= 0.3 is 0 Å². The largest absolute Gasteiger partial charge is 0.469 e. The van der Waals surface area contributed by atoms with Crippen molar-refractivity contribution < 1.29 is 23.0 Å². The zero-order valence-corrected chi connectivity index (χ0v) is 11.8. The molecule has 0 bridgehead atoms. The molecule has 0 aromatic heterocycles. The molecule has 18 heavy (non-hydrogen) atoms. The molecule has 0 saturated carbocycles. The molecule has 2 N–H and O–H groups in total. The molecule has 0 radical (unpaired) electrons. The Morgan fingerprint density at radius 2 is 2.17 bits per heavy atom. The number of thiocarbonyl (C=S) groups is 1. The Labute approximate surface area is 113 Å². The summed E-state index contributed by atoms with van der Waals surface area (Å²) in [6, 6.07) is 0. The first-order valence-electron chi connectivity index (χ1n) is 5.83. The molecule has 106 valence electrons. The maximum absolute atomic E-state index is 11.2. The summed E-state index contributed by atoms with van der Waals surface area (Å²) in [5.74, 6) is 0.603. The topological polar surface area (TPSA) is 84.9 Å². The maximum atomic E-state index is 11.2. The fourth-order valence-corrected chi connectivity index (χ4v) is 3.70. The highest BCUT2D eigenvalue weighted by molar-refractivity contribution is 7.91. The van der Waals surface area contributed by atoms with Gasteiger partial charge in [0.1, 0.15) is 6.61 Å². The van der Waals surface area contributed by atoms with E-state index in [9.17, 15) is 8.42 Å². The third-order valence-corrected chi connectivity index (χ3v) is 4.66. The Morgan fingerprint density at radius 3 is 2.78 bits per heavy atom. The number of hydrogen-bond donors (Lipinski definition) is 2. The third kappa shape index (κ3) is 6.48. The minimum Gasteiger partial charge on any atom is -0.469 e. The van der Waals surface area contributed by atoms with Gasteiger partial charge in [-0.3, -0.25) is 0 Å². The summed E-state index contributed by atoms with van der Waals surface area (Å²) in [6.07, 6.45) is 0.678. The lowest BCUT2D eigenvalue weighted by Crippen LogP contribution is -2.31. The molecule has 6 nitrogen and oxygen atoms in total. The van der Waals surface area contributed by atoms with Crippen molar-refractivity contribution in [3.8, 4) is 0 Å². The van der Waals surface area contributed by atoms with Crippen molar-refractivity contribution in [2.75, 3.05) is 44.5 Å². The number of aliphatic hydroxyl groups is 1. The standard InChI is InChI=1S/C10H19NO5S2/c12-2-3-15-4-5-16-10(17)11-7-9-1-6-18(13,14)8-9/h9,12H,1-8H2,(H,11,17). The lowest BCUT2D eigenvalue weighted by Gasteiger charge is -2.12. The second-order valence-electron chi connectivity index (χ2n) is 4.12. The molecule has 1 aliphatic rings. The molecule has 1 unspecified atom stereocenters. The van der Waals surface area contributed by atoms with Crippen LogP contribution in [-0.2, 0) is 19.3 Å². The van der Waals surface area contributed by atoms with Crippen molar-refractivity contribution in [3.05, 3.63) is 0 Å². The highest BCUT2D eigenvalue weighted by Gasteiger charge is 2.27. The van der Waals surface area contributed by atoms with Crippen LogP contribution in [-0.4, -0.2) is 63.2 Å². The zero-order chi connectivity index (χ0) is 13.4. The van der Waals surface area contributed by atoms with Crippen LogP contribution in [0.4, 0.5) is 0 Å². The van der Waals surface area contributed by atoms with Crippen LogP contribution in [0.2, 0.25) is 0 Å². The predicted octanol–water partition coefficient (Wildman–Crippen LogP) is -0.679. The molecule has 1 fully saturated rings. The molecular formula is C10H19NO5S2. The fourth-order valence-electron chi connectivity index (χ4n) is 1.67. The van der Waals surface area contributed by atoms with E-state index in [0.717, 1.165) is 0 Å². The van der Waals surface area contributed by atoms with Crippen LogP contribution >= 0.6 is 12.2 Å². The van der Waals surface area contributed by atoms with Crippen LogP contribution in [0.1, 0.15) is 6.42 Å². The Kier molecular flexibility index (Phi) is 6.83. The molecule has 0 amide bonds. The first-order chi connectivity index (χ1) is 8.53. The number of aliphatic hydroxyl groups excluding tert-OH is 1. The van der Waals surface area contributed by atoms with Crippen molar-refractivity contribution in [2.45, 2.75) is 6.42 Å². The number of sulfone groups is 1. The number of nitrogens with one attached hydrogen (secondary N) is 1. The van der Waals surface area contributed by atoms with Gasteiger partial charge in [-0.1, -0.05) is 0 Å². The minimum atomic E-state index is -2.84. The van der Waals surface area contributed by atoms with Gasteiger partial charge in [-0.2, -0.15) is 0 Å². The van der Waals surface area contributed by atoms with Gasteiger partial charge < -0.3 is 19.9 Å². The Balaban J connectivity index is 2.04. The summed E-state index contributed by atoms with van der Waals surface area (Å²) in [6.45, 7) is 1.47. The molecule has 0 aromatic carbocycles. The molecular weight excluding hydrogens is 278 g/mol. The Hall–Kier alpha value is -0.440. The monoisotopic (exact) mass is 297 g/mol. The average Bonchev–Trinajstić information content (AvgIpc) is 2.66. The third-order valence-electron chi connectivity index (χ3n) is 2.56. The summed E-state index contributed by atoms with van der Waals surface area (Å²) < 4.78 is 32.6. The lowest BCUT2D eigenvalue weighted by molar-refractivity contribution is 0.0676. The van der Waals surface area contributed by atoms with E-state index < -0.39 is 9.84 Å². The molecule has 0 aliphatic carbocycles. The van der Waals surface area contributed by atoms with E-state index in [1.807, 2.05) is 0 Å². The summed E-state index contributed by atoms with van der Waals surface area (Å²) in [5, 5.41) is 11.6. The molecule has 1 aliphatic heterocycles. The van der Waals surface area contributed by atoms with Crippen molar-refractivity contribution in [1.82, 2.24) is 5.32 Å². The highest BCUT2D eigenvalue weighted by atomic mass is 32.2. The van der Waals surface area contributed by atoms with Crippen LogP contribution in [0, 0.1) is 5.92 Å². The van der Waals surface area contributed by atoms with Crippen LogP contribution in [0.3, 0.4) is 0 Å². The summed E-state index contributed by atoms with van der Waals surface area (Å²) >= 11 is 4.94. The van der Waals surface area contributed by atoms with Crippen LogP contribution in [0.25, 0.3) is 0 Å². The van der Waals surface area contributed by atoms with Gasteiger partial charge in [-0.15, -0.1) is 0 Å². The molecule has 8 heteroatoms. The van der Waals surface area contributed by atoms with Gasteiger partial charge in [0.15, 0.2) is 9.84 Å². The van der Waals surface area contributed by atoms with Crippen molar-refractivity contribution in [1.29, 1.82) is 0 Å². The van der Waals surface area contributed by atoms with Gasteiger partial charge in [0.25, 0.3) is 5.17 Å². The summed E-state index contributed by atoms with van der Waals surface area (Å²) in [4.78, 5) is 0. The predicted molar refractivity (Wildman–Crippen MR) is 71.2 cm³/mol. The van der Waals surface area contributed by atoms with E-state index >= 15 is 0 Å². The van der Waals surface area contributed by atoms with Crippen LogP contribution in [0.15, 0.2) is 0 Å². The van der Waals surface area contributed by atoms with Gasteiger partial charge in [-0.05, 0) is 24.6 Å². The van der Waals surface area contributed by atoms with E-state index in [0.29, 0.717) is 26.2 Å². The second-order valence-corrected chi connectivity index (χ2v) is 6.72. The summed E-state index contributed by atoms with van der Waals surface area (Å²) in [7, 11) is -2.84. The van der Waals surface area contributed by atoms with Crippen LogP contribution < -0.4 is 5.32 Å². The average molecular weight is 297 g/mol. The maximum Gasteiger partial charge on any atom is 0.256 e. The molecule has 1 heterocycles. The molecule has 1 atom stereocenters. The van der Waals surface area contributed by atoms with E-state index in [1.54, 1.807) is 0 Å². The molecule has 0 spiro atoms. The first-order valence-corrected chi connectivity index (χ1v) is 8.06. The normalized spacial score (nSPS) is 21.7. The minimum absolute atomic E-state index is 0.0150. The molecule has 1 saturated heterocycles. The SMILES string of the molecule is O=S1(=O)CCC(CNC(=S)OCCOCCO)C1. The van der Waals surface area contributed by atoms with Crippen LogP contribution in [0.5, 0.6) is 0 Å². The van der Waals surface area contributed by atoms with Gasteiger partial charge in [0.2, 0.25) is 0 Å². The number of ether oxygens (including phenoxy) is 2. The smallest absolute Gasteiger partial charge is 0.256 e. The van der Waals surface area contributed by atoms with Crippen molar-refractivity contribution >= 4 is 27.2 Å². The van der Waals surface area contributed by atoms with Crippen molar-refractivity contribution in [3.63, 3.8) is 0 Å². The molecule has 0 aromatic rings. The first kappa shape index (κ1) is 15.6. The van der Waals surface area contributed by atoms with Crippen molar-refractivity contribution in [2.24, 2.45) is 5.92 Å². The highest BCUT2D eigenvalue weighted by Crippen LogP contribution is 2.17. The summed E-state index contributed by atoms with van der Waals surface area (Å²) in [5.41, 5.74) is 0. The Bertz CT molecular complexity index is 357. The molecule has 1 rings (SSSR count). The number of rotatable bonds is 7. The second kappa shape index (κ2) is 7.88. The van der Waals surface area contributed by atoms with E-state index in [1.165, 1.54) is 0 Å². The fraction of sp³-hybridized carbons (Fsp3) is 0.900. The Morgan fingerprint density at radius 1 is 1.39 bits per heavy atom. The van der Waals surface area contributed by atoms with Gasteiger partial charge in [0, 0.05) is 6.54 Å². The van der Waals surface area contributed by atoms with Gasteiger partial charge in [-0.25, -0.2) is 8.42 Å².